The summed E-state index contributed by atoms with van der Waals surface area (Å²) in [6, 6.07) is 18.7. The van der Waals surface area contributed by atoms with E-state index in [9.17, 15) is 0 Å². The minimum absolute atomic E-state index is 0.0568. The van der Waals surface area contributed by atoms with E-state index >= 15 is 0 Å². The summed E-state index contributed by atoms with van der Waals surface area (Å²) in [5.41, 5.74) is 3.57. The van der Waals surface area contributed by atoms with Gasteiger partial charge in [-0.05, 0) is 29.8 Å². The highest BCUT2D eigenvalue weighted by Crippen LogP contribution is 2.23. The van der Waals surface area contributed by atoms with Crippen LogP contribution in [-0.4, -0.2) is 14.2 Å². The molecule has 0 saturated heterocycles. The van der Waals surface area contributed by atoms with E-state index in [2.05, 4.69) is 41.7 Å². The molecule has 17 heavy (non-hydrogen) atoms. The number of methoxy groups -OCH3 is 1. The Hall–Kier alpha value is -1.64. The van der Waals surface area contributed by atoms with E-state index in [-0.39, 0.29) is 6.23 Å². The van der Waals surface area contributed by atoms with Gasteiger partial charge in [-0.15, -0.1) is 0 Å². The third kappa shape index (κ3) is 2.73. The Balaban J connectivity index is 2.35. The van der Waals surface area contributed by atoms with Crippen molar-refractivity contribution in [1.29, 1.82) is 0 Å². The molecule has 0 bridgehead atoms. The van der Waals surface area contributed by atoms with Crippen molar-refractivity contribution in [3.05, 3.63) is 60.2 Å². The Bertz CT molecular complexity index is 463. The largest absolute Gasteiger partial charge is 0.362 e. The molecule has 0 aliphatic heterocycles. The molecular formula is C15H17NO. The van der Waals surface area contributed by atoms with Crippen LogP contribution in [0.25, 0.3) is 11.1 Å². The van der Waals surface area contributed by atoms with Crippen molar-refractivity contribution >= 4 is 0 Å². The molecule has 0 aliphatic carbocycles. The van der Waals surface area contributed by atoms with Crippen LogP contribution in [0, 0.1) is 0 Å². The topological polar surface area (TPSA) is 21.3 Å². The highest BCUT2D eigenvalue weighted by Gasteiger charge is 2.07. The fraction of sp³-hybridized carbons (Fsp3) is 0.200. The first-order valence-electron chi connectivity index (χ1n) is 5.70. The lowest BCUT2D eigenvalue weighted by molar-refractivity contribution is 0.0809. The molecule has 0 heterocycles. The Morgan fingerprint density at radius 3 is 2.29 bits per heavy atom. The van der Waals surface area contributed by atoms with Crippen molar-refractivity contribution in [2.45, 2.75) is 6.23 Å². The van der Waals surface area contributed by atoms with Crippen molar-refractivity contribution in [1.82, 2.24) is 5.32 Å². The predicted molar refractivity (Wildman–Crippen MR) is 70.7 cm³/mol. The predicted octanol–water partition coefficient (Wildman–Crippen LogP) is 3.22. The Kier molecular flexibility index (Phi) is 3.91. The number of nitrogens with one attached hydrogen (secondary N) is 1. The van der Waals surface area contributed by atoms with E-state index in [4.69, 9.17) is 4.74 Å². The van der Waals surface area contributed by atoms with Crippen molar-refractivity contribution in [2.75, 3.05) is 14.2 Å². The van der Waals surface area contributed by atoms with Gasteiger partial charge >= 0.3 is 0 Å². The highest BCUT2D eigenvalue weighted by atomic mass is 16.5. The van der Waals surface area contributed by atoms with Crippen LogP contribution in [0.15, 0.2) is 54.6 Å². The standard InChI is InChI=1S/C15H17NO/c1-16-15(17-2)14-10-6-9-13(11-14)12-7-4-3-5-8-12/h3-11,15-16H,1-2H3. The van der Waals surface area contributed by atoms with Gasteiger partial charge in [-0.25, -0.2) is 0 Å². The first-order chi connectivity index (χ1) is 8.35. The van der Waals surface area contributed by atoms with E-state index in [0.717, 1.165) is 5.56 Å². The van der Waals surface area contributed by atoms with E-state index in [1.54, 1.807) is 7.11 Å². The Labute approximate surface area is 102 Å². The van der Waals surface area contributed by atoms with Crippen LogP contribution in [0.2, 0.25) is 0 Å². The molecule has 0 aliphatic rings. The molecule has 0 aromatic heterocycles. The summed E-state index contributed by atoms with van der Waals surface area (Å²) in [4.78, 5) is 0. The maximum Gasteiger partial charge on any atom is 0.133 e. The summed E-state index contributed by atoms with van der Waals surface area (Å²) in [5, 5.41) is 3.12. The maximum atomic E-state index is 5.37. The smallest absolute Gasteiger partial charge is 0.133 e. The summed E-state index contributed by atoms with van der Waals surface area (Å²) in [6.45, 7) is 0. The third-order valence-electron chi connectivity index (χ3n) is 2.79. The fourth-order valence-corrected chi connectivity index (χ4v) is 1.93. The molecule has 1 atom stereocenters. The molecule has 0 amide bonds. The van der Waals surface area contributed by atoms with Crippen molar-refractivity contribution in [3.63, 3.8) is 0 Å². The monoisotopic (exact) mass is 227 g/mol. The van der Waals surface area contributed by atoms with Crippen molar-refractivity contribution < 1.29 is 4.74 Å². The molecule has 88 valence electrons. The number of ether oxygens (including phenoxy) is 1. The average molecular weight is 227 g/mol. The second-order valence-electron chi connectivity index (χ2n) is 3.90. The van der Waals surface area contributed by atoms with Crippen LogP contribution in [0.3, 0.4) is 0 Å². The van der Waals surface area contributed by atoms with E-state index < -0.39 is 0 Å². The quantitative estimate of drug-likeness (QED) is 0.810. The minimum atomic E-state index is -0.0568. The highest BCUT2D eigenvalue weighted by molar-refractivity contribution is 5.64. The zero-order chi connectivity index (χ0) is 12.1. The number of hydrogen-bond acceptors (Lipinski definition) is 2. The molecule has 0 spiro atoms. The molecule has 0 saturated carbocycles. The number of benzene rings is 2. The fourth-order valence-electron chi connectivity index (χ4n) is 1.93. The van der Waals surface area contributed by atoms with Crippen molar-refractivity contribution in [3.8, 4) is 11.1 Å². The molecule has 2 aromatic carbocycles. The lowest BCUT2D eigenvalue weighted by Gasteiger charge is -2.15. The molecule has 2 aromatic rings. The first kappa shape index (κ1) is 11.8. The summed E-state index contributed by atoms with van der Waals surface area (Å²) in [6.07, 6.45) is -0.0568. The summed E-state index contributed by atoms with van der Waals surface area (Å²) < 4.78 is 5.37. The van der Waals surface area contributed by atoms with Crippen LogP contribution >= 0.6 is 0 Å². The zero-order valence-corrected chi connectivity index (χ0v) is 10.2. The molecular weight excluding hydrogens is 210 g/mol. The second kappa shape index (κ2) is 5.62. The van der Waals surface area contributed by atoms with Crippen LogP contribution in [0.1, 0.15) is 11.8 Å². The Morgan fingerprint density at radius 2 is 1.65 bits per heavy atom. The zero-order valence-electron chi connectivity index (χ0n) is 10.2. The van der Waals surface area contributed by atoms with Gasteiger partial charge in [-0.1, -0.05) is 48.5 Å². The van der Waals surface area contributed by atoms with Crippen LogP contribution in [0.5, 0.6) is 0 Å². The third-order valence-corrected chi connectivity index (χ3v) is 2.79. The van der Waals surface area contributed by atoms with Gasteiger partial charge in [0.05, 0.1) is 0 Å². The van der Waals surface area contributed by atoms with Crippen LogP contribution in [-0.2, 0) is 4.74 Å². The van der Waals surface area contributed by atoms with Gasteiger partial charge in [0.1, 0.15) is 6.23 Å². The van der Waals surface area contributed by atoms with Gasteiger partial charge in [0.2, 0.25) is 0 Å². The van der Waals surface area contributed by atoms with Gasteiger partial charge in [-0.2, -0.15) is 0 Å². The molecule has 2 heteroatoms. The average Bonchev–Trinajstić information content (AvgIpc) is 2.42. The molecule has 0 fully saturated rings. The first-order valence-corrected chi connectivity index (χ1v) is 5.70. The SMILES string of the molecule is CNC(OC)c1cccc(-c2ccccc2)c1. The maximum absolute atomic E-state index is 5.37. The summed E-state index contributed by atoms with van der Waals surface area (Å²) >= 11 is 0. The lowest BCUT2D eigenvalue weighted by atomic mass is 10.0. The van der Waals surface area contributed by atoms with E-state index in [1.807, 2.05) is 25.2 Å². The van der Waals surface area contributed by atoms with E-state index in [0.29, 0.717) is 0 Å². The van der Waals surface area contributed by atoms with Gasteiger partial charge < -0.3 is 4.74 Å². The Morgan fingerprint density at radius 1 is 0.941 bits per heavy atom. The molecule has 0 radical (unpaired) electrons. The second-order valence-corrected chi connectivity index (χ2v) is 3.90. The van der Waals surface area contributed by atoms with Gasteiger partial charge in [0, 0.05) is 7.11 Å². The van der Waals surface area contributed by atoms with Gasteiger partial charge in [0.15, 0.2) is 0 Å². The summed E-state index contributed by atoms with van der Waals surface area (Å²) in [7, 11) is 3.60. The molecule has 1 N–H and O–H groups in total. The lowest BCUT2D eigenvalue weighted by Crippen LogP contribution is -2.17. The van der Waals surface area contributed by atoms with Crippen LogP contribution in [0.4, 0.5) is 0 Å². The van der Waals surface area contributed by atoms with Crippen molar-refractivity contribution in [2.24, 2.45) is 0 Å². The number of rotatable bonds is 4. The summed E-state index contributed by atoms with van der Waals surface area (Å²) in [5.74, 6) is 0. The van der Waals surface area contributed by atoms with Gasteiger partial charge in [-0.3, -0.25) is 5.32 Å². The molecule has 1 unspecified atom stereocenters. The molecule has 2 rings (SSSR count). The van der Waals surface area contributed by atoms with Crippen LogP contribution < -0.4 is 5.32 Å². The molecule has 2 nitrogen and oxygen atoms in total. The normalized spacial score (nSPS) is 12.4. The van der Waals surface area contributed by atoms with E-state index in [1.165, 1.54) is 11.1 Å². The number of hydrogen-bond donors (Lipinski definition) is 1. The van der Waals surface area contributed by atoms with Gasteiger partial charge in [0.25, 0.3) is 0 Å². The minimum Gasteiger partial charge on any atom is -0.362 e.